The van der Waals surface area contributed by atoms with E-state index in [4.69, 9.17) is 4.99 Å². The summed E-state index contributed by atoms with van der Waals surface area (Å²) < 4.78 is 0. The monoisotopic (exact) mass is 255 g/mol. The fraction of sp³-hybridized carbons (Fsp3) is 0.923. The molecule has 17 heavy (non-hydrogen) atoms. The number of aliphatic imine (C=N–C) groups is 1. The Morgan fingerprint density at radius 1 is 1.41 bits per heavy atom. The molecule has 1 heterocycles. The smallest absolute Gasteiger partial charge is 0.157 e. The Labute approximate surface area is 109 Å². The molecule has 0 radical (unpaired) electrons. The van der Waals surface area contributed by atoms with Gasteiger partial charge in [-0.15, -0.1) is 0 Å². The second-order valence-electron chi connectivity index (χ2n) is 5.78. The van der Waals surface area contributed by atoms with Crippen LogP contribution < -0.4 is 5.32 Å². The highest BCUT2D eigenvalue weighted by atomic mass is 32.2. The molecule has 1 saturated heterocycles. The van der Waals surface area contributed by atoms with Crippen LogP contribution in [0.4, 0.5) is 0 Å². The zero-order chi connectivity index (χ0) is 12.3. The van der Waals surface area contributed by atoms with Gasteiger partial charge in [-0.1, -0.05) is 24.6 Å². The van der Waals surface area contributed by atoms with Crippen molar-refractivity contribution < 1.29 is 0 Å². The number of thioether (sulfide) groups is 1. The van der Waals surface area contributed by atoms with Crippen molar-refractivity contribution in [3.05, 3.63) is 0 Å². The number of hydrogen-bond donors (Lipinski definition) is 1. The van der Waals surface area contributed by atoms with Crippen LogP contribution in [0, 0.1) is 0 Å². The third-order valence-electron chi connectivity index (χ3n) is 3.75. The minimum absolute atomic E-state index is 0.408. The molecule has 0 aromatic carbocycles. The van der Waals surface area contributed by atoms with Gasteiger partial charge in [0.1, 0.15) is 0 Å². The zero-order valence-electron chi connectivity index (χ0n) is 11.3. The molecule has 1 aliphatic heterocycles. The Morgan fingerprint density at radius 3 is 2.76 bits per heavy atom. The average Bonchev–Trinajstić information content (AvgIpc) is 2.87. The number of nitrogens with zero attached hydrogens (tertiary/aromatic N) is 2. The second-order valence-corrected chi connectivity index (χ2v) is 6.74. The minimum atomic E-state index is 0.408. The molecular weight excluding hydrogens is 230 g/mol. The molecule has 0 aromatic heterocycles. The molecule has 0 aromatic rings. The maximum Gasteiger partial charge on any atom is 0.157 e. The summed E-state index contributed by atoms with van der Waals surface area (Å²) >= 11 is 1.93. The van der Waals surface area contributed by atoms with E-state index < -0.39 is 0 Å². The van der Waals surface area contributed by atoms with Crippen molar-refractivity contribution in [1.29, 1.82) is 0 Å². The van der Waals surface area contributed by atoms with E-state index in [-0.39, 0.29) is 0 Å². The van der Waals surface area contributed by atoms with Crippen LogP contribution in [0.1, 0.15) is 39.0 Å². The van der Waals surface area contributed by atoms with E-state index in [1.807, 2.05) is 11.8 Å². The lowest BCUT2D eigenvalue weighted by molar-refractivity contribution is 0.385. The molecular formula is C13H25N3S. The fourth-order valence-corrected chi connectivity index (χ4v) is 3.92. The van der Waals surface area contributed by atoms with Crippen molar-refractivity contribution in [3.8, 4) is 0 Å². The van der Waals surface area contributed by atoms with E-state index in [2.05, 4.69) is 31.2 Å². The van der Waals surface area contributed by atoms with Crippen LogP contribution in [0.15, 0.2) is 4.99 Å². The SMILES string of the molecule is CC(CCN(C)C)N=C1NC2(CCCC2)CS1. The van der Waals surface area contributed by atoms with Crippen LogP contribution in [0.5, 0.6) is 0 Å². The third kappa shape index (κ3) is 3.62. The first-order valence-corrected chi connectivity index (χ1v) is 7.72. The average molecular weight is 255 g/mol. The molecule has 0 bridgehead atoms. The van der Waals surface area contributed by atoms with Crippen molar-refractivity contribution in [2.24, 2.45) is 4.99 Å². The van der Waals surface area contributed by atoms with Crippen LogP contribution >= 0.6 is 11.8 Å². The molecule has 1 spiro atoms. The maximum atomic E-state index is 4.81. The number of nitrogens with one attached hydrogen (secondary N) is 1. The van der Waals surface area contributed by atoms with Gasteiger partial charge in [0.05, 0.1) is 6.04 Å². The van der Waals surface area contributed by atoms with Gasteiger partial charge in [0, 0.05) is 11.3 Å². The Bertz CT molecular complexity index is 282. The summed E-state index contributed by atoms with van der Waals surface area (Å²) in [5, 5.41) is 4.88. The lowest BCUT2D eigenvalue weighted by Gasteiger charge is -2.22. The van der Waals surface area contributed by atoms with Crippen LogP contribution in [0.3, 0.4) is 0 Å². The maximum absolute atomic E-state index is 4.81. The van der Waals surface area contributed by atoms with E-state index >= 15 is 0 Å². The molecule has 98 valence electrons. The van der Waals surface area contributed by atoms with Gasteiger partial charge >= 0.3 is 0 Å². The fourth-order valence-electron chi connectivity index (χ4n) is 2.61. The van der Waals surface area contributed by atoms with Gasteiger partial charge in [-0.2, -0.15) is 0 Å². The Morgan fingerprint density at radius 2 is 2.12 bits per heavy atom. The van der Waals surface area contributed by atoms with Gasteiger partial charge in [0.15, 0.2) is 5.17 Å². The zero-order valence-corrected chi connectivity index (χ0v) is 12.1. The molecule has 1 unspecified atom stereocenters. The largest absolute Gasteiger partial charge is 0.359 e. The first-order chi connectivity index (χ1) is 8.10. The normalized spacial score (nSPS) is 26.9. The predicted octanol–water partition coefficient (Wildman–Crippen LogP) is 2.33. The number of hydrogen-bond acceptors (Lipinski definition) is 3. The molecule has 3 nitrogen and oxygen atoms in total. The van der Waals surface area contributed by atoms with Crippen LogP contribution in [0.25, 0.3) is 0 Å². The van der Waals surface area contributed by atoms with Gasteiger partial charge in [-0.3, -0.25) is 4.99 Å². The summed E-state index contributed by atoms with van der Waals surface area (Å²) in [7, 11) is 4.24. The van der Waals surface area contributed by atoms with Crippen LogP contribution in [0.2, 0.25) is 0 Å². The summed E-state index contributed by atoms with van der Waals surface area (Å²) in [6, 6.07) is 0.434. The molecule has 1 N–H and O–H groups in total. The Hall–Kier alpha value is -0.220. The van der Waals surface area contributed by atoms with E-state index in [0.717, 1.165) is 13.0 Å². The van der Waals surface area contributed by atoms with Gasteiger partial charge in [-0.25, -0.2) is 0 Å². The lowest BCUT2D eigenvalue weighted by atomic mass is 10.0. The Kier molecular flexibility index (Phi) is 4.36. The molecule has 2 aliphatic rings. The first kappa shape index (κ1) is 13.2. The summed E-state index contributed by atoms with van der Waals surface area (Å²) in [5.74, 6) is 1.23. The predicted molar refractivity (Wildman–Crippen MR) is 76.9 cm³/mol. The minimum Gasteiger partial charge on any atom is -0.359 e. The standard InChI is InChI=1S/C13H25N3S/c1-11(6-9-16(2)3)14-12-15-13(10-17-12)7-4-5-8-13/h11H,4-10H2,1-3H3,(H,14,15). The van der Waals surface area contributed by atoms with Crippen molar-refractivity contribution in [2.75, 3.05) is 26.4 Å². The first-order valence-electron chi connectivity index (χ1n) is 6.73. The summed E-state index contributed by atoms with van der Waals surface area (Å²) in [6.45, 7) is 3.34. The molecule has 2 fully saturated rings. The van der Waals surface area contributed by atoms with Gasteiger partial charge in [0.25, 0.3) is 0 Å². The second kappa shape index (κ2) is 5.61. The van der Waals surface area contributed by atoms with E-state index in [0.29, 0.717) is 11.6 Å². The summed E-state index contributed by atoms with van der Waals surface area (Å²) in [5.41, 5.74) is 0.408. The quantitative estimate of drug-likeness (QED) is 0.835. The third-order valence-corrected chi connectivity index (χ3v) is 4.93. The Balaban J connectivity index is 1.82. The molecule has 2 rings (SSSR count). The molecule has 1 aliphatic carbocycles. The van der Waals surface area contributed by atoms with Crippen molar-refractivity contribution in [1.82, 2.24) is 10.2 Å². The van der Waals surface area contributed by atoms with Gasteiger partial charge < -0.3 is 10.2 Å². The highest BCUT2D eigenvalue weighted by molar-refractivity contribution is 8.14. The van der Waals surface area contributed by atoms with Crippen LogP contribution in [-0.4, -0.2) is 48.0 Å². The number of rotatable bonds is 4. The number of amidine groups is 1. The van der Waals surface area contributed by atoms with E-state index in [9.17, 15) is 0 Å². The van der Waals surface area contributed by atoms with Gasteiger partial charge in [0.2, 0.25) is 0 Å². The topological polar surface area (TPSA) is 27.6 Å². The van der Waals surface area contributed by atoms with Gasteiger partial charge in [-0.05, 0) is 46.8 Å². The summed E-state index contributed by atoms with van der Waals surface area (Å²) in [6.07, 6.45) is 6.59. The summed E-state index contributed by atoms with van der Waals surface area (Å²) in [4.78, 5) is 7.04. The lowest BCUT2D eigenvalue weighted by Crippen LogP contribution is -2.40. The highest BCUT2D eigenvalue weighted by Crippen LogP contribution is 2.37. The molecule has 1 saturated carbocycles. The molecule has 0 amide bonds. The van der Waals surface area contributed by atoms with E-state index in [1.165, 1.54) is 36.6 Å². The molecule has 1 atom stereocenters. The molecule has 4 heteroatoms. The van der Waals surface area contributed by atoms with Crippen molar-refractivity contribution in [3.63, 3.8) is 0 Å². The van der Waals surface area contributed by atoms with Crippen molar-refractivity contribution >= 4 is 16.9 Å². The highest BCUT2D eigenvalue weighted by Gasteiger charge is 2.39. The van der Waals surface area contributed by atoms with Crippen molar-refractivity contribution in [2.45, 2.75) is 50.6 Å². The van der Waals surface area contributed by atoms with Crippen LogP contribution in [-0.2, 0) is 0 Å². The van der Waals surface area contributed by atoms with E-state index in [1.54, 1.807) is 0 Å².